The van der Waals surface area contributed by atoms with Gasteiger partial charge in [0.1, 0.15) is 5.82 Å². The highest BCUT2D eigenvalue weighted by atomic mass is 19.1. The molecule has 0 atom stereocenters. The van der Waals surface area contributed by atoms with Crippen LogP contribution in [0.15, 0.2) is 18.6 Å². The van der Waals surface area contributed by atoms with E-state index in [1.54, 1.807) is 6.33 Å². The summed E-state index contributed by atoms with van der Waals surface area (Å²) >= 11 is 0. The predicted molar refractivity (Wildman–Crippen MR) is 97.7 cm³/mol. The maximum atomic E-state index is 14.0. The SMILES string of the molecule is O=C(c1ncc(F)cc1F)N1CCC2(CC1)c1nc[nH]c1CCN2C(=O)C1CC1. The molecule has 2 aromatic rings. The molecule has 7 nitrogen and oxygen atoms in total. The summed E-state index contributed by atoms with van der Waals surface area (Å²) in [4.78, 5) is 40.6. The van der Waals surface area contributed by atoms with Crippen LogP contribution in [0.25, 0.3) is 0 Å². The van der Waals surface area contributed by atoms with Gasteiger partial charge >= 0.3 is 0 Å². The number of carbonyl (C=O) groups excluding carboxylic acids is 2. The molecule has 4 heterocycles. The number of fused-ring (bicyclic) bond motifs is 2. The van der Waals surface area contributed by atoms with Crippen molar-refractivity contribution in [2.24, 2.45) is 5.92 Å². The van der Waals surface area contributed by atoms with Gasteiger partial charge in [0.25, 0.3) is 5.91 Å². The number of nitrogens with one attached hydrogen (secondary N) is 1. The second-order valence-corrected chi connectivity index (χ2v) is 8.05. The molecule has 2 amide bonds. The molecule has 3 aliphatic rings. The van der Waals surface area contributed by atoms with E-state index in [4.69, 9.17) is 0 Å². The van der Waals surface area contributed by atoms with Gasteiger partial charge in [-0.2, -0.15) is 0 Å². The van der Waals surface area contributed by atoms with Gasteiger partial charge in [0, 0.05) is 43.7 Å². The van der Waals surface area contributed by atoms with Crippen molar-refractivity contribution in [3.63, 3.8) is 0 Å². The second-order valence-electron chi connectivity index (χ2n) is 8.05. The quantitative estimate of drug-likeness (QED) is 0.835. The van der Waals surface area contributed by atoms with E-state index >= 15 is 0 Å². The monoisotopic (exact) mass is 401 g/mol. The minimum absolute atomic E-state index is 0.101. The molecule has 5 rings (SSSR count). The number of aromatic nitrogens is 3. The Morgan fingerprint density at radius 1 is 1.14 bits per heavy atom. The van der Waals surface area contributed by atoms with Gasteiger partial charge in [0.15, 0.2) is 11.5 Å². The number of pyridine rings is 1. The Kier molecular flexibility index (Phi) is 4.15. The van der Waals surface area contributed by atoms with E-state index in [9.17, 15) is 18.4 Å². The molecule has 2 aliphatic heterocycles. The van der Waals surface area contributed by atoms with Gasteiger partial charge in [-0.05, 0) is 25.7 Å². The average molecular weight is 401 g/mol. The van der Waals surface area contributed by atoms with Crippen molar-refractivity contribution in [2.45, 2.75) is 37.6 Å². The third-order valence-corrected chi connectivity index (χ3v) is 6.34. The lowest BCUT2D eigenvalue weighted by molar-refractivity contribution is -0.143. The normalized spacial score (nSPS) is 20.6. The van der Waals surface area contributed by atoms with Gasteiger partial charge in [-0.3, -0.25) is 9.59 Å². The summed E-state index contributed by atoms with van der Waals surface area (Å²) in [5, 5.41) is 0. The Balaban J connectivity index is 1.41. The zero-order valence-corrected chi connectivity index (χ0v) is 15.8. The van der Waals surface area contributed by atoms with Crippen LogP contribution in [0.1, 0.15) is 47.6 Å². The number of amides is 2. The summed E-state index contributed by atoms with van der Waals surface area (Å²) in [5.74, 6) is -2.07. The van der Waals surface area contributed by atoms with Crippen LogP contribution in [0.3, 0.4) is 0 Å². The van der Waals surface area contributed by atoms with Gasteiger partial charge in [0.2, 0.25) is 5.91 Å². The first-order valence-corrected chi connectivity index (χ1v) is 9.94. The van der Waals surface area contributed by atoms with Crippen molar-refractivity contribution >= 4 is 11.8 Å². The fourth-order valence-corrected chi connectivity index (χ4v) is 4.66. The van der Waals surface area contributed by atoms with E-state index in [1.165, 1.54) is 4.90 Å². The van der Waals surface area contributed by atoms with Crippen LogP contribution in [-0.2, 0) is 16.8 Å². The first-order valence-electron chi connectivity index (χ1n) is 9.94. The number of hydrogen-bond donors (Lipinski definition) is 1. The lowest BCUT2D eigenvalue weighted by Gasteiger charge is -2.50. The highest BCUT2D eigenvalue weighted by Crippen LogP contribution is 2.45. The number of piperidine rings is 1. The highest BCUT2D eigenvalue weighted by Gasteiger charge is 2.51. The lowest BCUT2D eigenvalue weighted by atomic mass is 9.78. The van der Waals surface area contributed by atoms with Crippen molar-refractivity contribution in [1.82, 2.24) is 24.8 Å². The minimum Gasteiger partial charge on any atom is -0.348 e. The van der Waals surface area contributed by atoms with E-state index < -0.39 is 23.1 Å². The van der Waals surface area contributed by atoms with E-state index in [0.29, 0.717) is 38.5 Å². The predicted octanol–water partition coefficient (Wildman–Crippen LogP) is 2.01. The third kappa shape index (κ3) is 2.90. The van der Waals surface area contributed by atoms with Gasteiger partial charge in [-0.15, -0.1) is 0 Å². The van der Waals surface area contributed by atoms with Crippen LogP contribution >= 0.6 is 0 Å². The van der Waals surface area contributed by atoms with Gasteiger partial charge in [-0.25, -0.2) is 18.7 Å². The standard InChI is InChI=1S/C20H21F2N5O2/c21-13-9-14(22)16(23-10-13)19(29)26-7-4-20(5-8-26)17-15(24-11-25-17)3-6-27(20)18(28)12-1-2-12/h9-12H,1-8H2,(H,24,25). The molecule has 1 aliphatic carbocycles. The summed E-state index contributed by atoms with van der Waals surface area (Å²) in [5.41, 5.74) is 1.00. The molecule has 0 radical (unpaired) electrons. The molecule has 1 saturated heterocycles. The van der Waals surface area contributed by atoms with Gasteiger partial charge in [-0.1, -0.05) is 0 Å². The van der Waals surface area contributed by atoms with E-state index in [1.807, 2.05) is 4.90 Å². The molecule has 2 fully saturated rings. The number of halogens is 2. The highest BCUT2D eigenvalue weighted by molar-refractivity contribution is 5.92. The third-order valence-electron chi connectivity index (χ3n) is 6.34. The van der Waals surface area contributed by atoms with Crippen LogP contribution in [0.2, 0.25) is 0 Å². The first kappa shape index (κ1) is 18.2. The summed E-state index contributed by atoms with van der Waals surface area (Å²) in [6.45, 7) is 1.32. The largest absolute Gasteiger partial charge is 0.348 e. The molecule has 29 heavy (non-hydrogen) atoms. The average Bonchev–Trinajstić information content (AvgIpc) is 3.45. The van der Waals surface area contributed by atoms with Crippen molar-refractivity contribution in [3.05, 3.63) is 47.3 Å². The molecular formula is C20H21F2N5O2. The van der Waals surface area contributed by atoms with Crippen LogP contribution in [0.5, 0.6) is 0 Å². The summed E-state index contributed by atoms with van der Waals surface area (Å²) < 4.78 is 27.1. The Morgan fingerprint density at radius 2 is 1.90 bits per heavy atom. The molecule has 2 aromatic heterocycles. The van der Waals surface area contributed by atoms with Crippen LogP contribution in [0.4, 0.5) is 8.78 Å². The smallest absolute Gasteiger partial charge is 0.275 e. The molecule has 1 saturated carbocycles. The van der Waals surface area contributed by atoms with Crippen molar-refractivity contribution in [2.75, 3.05) is 19.6 Å². The minimum atomic E-state index is -0.965. The molecule has 1 N–H and O–H groups in total. The van der Waals surface area contributed by atoms with Gasteiger partial charge < -0.3 is 14.8 Å². The molecule has 152 valence electrons. The maximum absolute atomic E-state index is 14.0. The maximum Gasteiger partial charge on any atom is 0.275 e. The van der Waals surface area contributed by atoms with Crippen molar-refractivity contribution in [1.29, 1.82) is 0 Å². The number of nitrogens with zero attached hydrogens (tertiary/aromatic N) is 4. The fraction of sp³-hybridized carbons (Fsp3) is 0.500. The molecule has 0 unspecified atom stereocenters. The Bertz CT molecular complexity index is 979. The van der Waals surface area contributed by atoms with E-state index in [2.05, 4.69) is 15.0 Å². The number of imidazole rings is 1. The molecule has 0 bridgehead atoms. The Labute approximate surface area is 166 Å². The molecule has 0 aromatic carbocycles. The Morgan fingerprint density at radius 3 is 2.59 bits per heavy atom. The number of carbonyl (C=O) groups is 2. The van der Waals surface area contributed by atoms with Gasteiger partial charge in [0.05, 0.1) is 23.8 Å². The second kappa shape index (κ2) is 6.60. The zero-order valence-electron chi connectivity index (χ0n) is 15.8. The van der Waals surface area contributed by atoms with E-state index in [-0.39, 0.29) is 17.5 Å². The molecule has 1 spiro atoms. The molecular weight excluding hydrogens is 380 g/mol. The number of likely N-dealkylation sites (tertiary alicyclic amines) is 1. The lowest BCUT2D eigenvalue weighted by Crippen LogP contribution is -2.59. The van der Waals surface area contributed by atoms with Crippen LogP contribution in [0, 0.1) is 17.6 Å². The van der Waals surface area contributed by atoms with Crippen molar-refractivity contribution < 1.29 is 18.4 Å². The molecule has 9 heteroatoms. The topological polar surface area (TPSA) is 82.2 Å². The number of rotatable bonds is 2. The Hall–Kier alpha value is -2.84. The van der Waals surface area contributed by atoms with Crippen molar-refractivity contribution in [3.8, 4) is 0 Å². The number of hydrogen-bond acceptors (Lipinski definition) is 4. The fourth-order valence-electron chi connectivity index (χ4n) is 4.66. The summed E-state index contributed by atoms with van der Waals surface area (Å²) in [6.07, 6.45) is 6.15. The van der Waals surface area contributed by atoms with E-state index in [0.717, 1.165) is 36.8 Å². The zero-order chi connectivity index (χ0) is 20.2. The first-order chi connectivity index (χ1) is 14.0. The van der Waals surface area contributed by atoms with Crippen LogP contribution in [-0.4, -0.2) is 56.2 Å². The summed E-state index contributed by atoms with van der Waals surface area (Å²) in [7, 11) is 0. The van der Waals surface area contributed by atoms with Crippen LogP contribution < -0.4 is 0 Å². The summed E-state index contributed by atoms with van der Waals surface area (Å²) in [6, 6.07) is 0.666. The number of aromatic amines is 1. The number of H-pyrrole nitrogens is 1.